The van der Waals surface area contributed by atoms with E-state index in [0.29, 0.717) is 6.42 Å². The highest BCUT2D eigenvalue weighted by molar-refractivity contribution is 7.89. The van der Waals surface area contributed by atoms with Crippen LogP contribution in [-0.4, -0.2) is 36.7 Å². The normalized spacial score (nSPS) is 23.4. The number of hydrazine groups is 1. The molecule has 1 fully saturated rings. The molecule has 0 unspecified atom stereocenters. The molecule has 1 aromatic heterocycles. The molecule has 0 saturated carbocycles. The second-order valence-electron chi connectivity index (χ2n) is 4.26. The molecule has 0 bridgehead atoms. The zero-order valence-corrected chi connectivity index (χ0v) is 11.2. The monoisotopic (exact) mass is 288 g/mol. The summed E-state index contributed by atoms with van der Waals surface area (Å²) in [6.45, 7) is 1.98. The minimum absolute atomic E-state index is 0.0495. The molecule has 1 aliphatic heterocycles. The van der Waals surface area contributed by atoms with Crippen molar-refractivity contribution in [2.75, 3.05) is 0 Å². The maximum absolute atomic E-state index is 11.7. The van der Waals surface area contributed by atoms with Gasteiger partial charge in [-0.3, -0.25) is 15.3 Å². The Morgan fingerprint density at radius 3 is 2.95 bits per heavy atom. The number of rotatable bonds is 5. The van der Waals surface area contributed by atoms with Crippen molar-refractivity contribution in [3.63, 3.8) is 0 Å². The molecule has 1 aromatic rings. The molecule has 0 aliphatic carbocycles. The van der Waals surface area contributed by atoms with Crippen LogP contribution in [0.5, 0.6) is 0 Å². The van der Waals surface area contributed by atoms with E-state index in [1.807, 2.05) is 11.8 Å². The number of amides is 1. The number of sulfonamides is 1. The summed E-state index contributed by atoms with van der Waals surface area (Å²) in [5.41, 5.74) is 2.15. The van der Waals surface area contributed by atoms with Crippen molar-refractivity contribution in [1.29, 1.82) is 0 Å². The molecule has 1 aliphatic rings. The number of H-pyrrole nitrogens is 1. The van der Waals surface area contributed by atoms with Crippen molar-refractivity contribution in [2.45, 2.75) is 43.3 Å². The summed E-state index contributed by atoms with van der Waals surface area (Å²) in [7, 11) is -3.79. The van der Waals surface area contributed by atoms with Gasteiger partial charge in [0.25, 0.3) is 15.9 Å². The number of carbonyl (C=O) groups is 1. The highest BCUT2D eigenvalue weighted by Crippen LogP contribution is 2.21. The Morgan fingerprint density at radius 1 is 1.58 bits per heavy atom. The van der Waals surface area contributed by atoms with Gasteiger partial charge in [0.05, 0.1) is 12.3 Å². The summed E-state index contributed by atoms with van der Waals surface area (Å²) in [6, 6.07) is 0. The quantitative estimate of drug-likeness (QED) is 0.642. The Labute approximate surface area is 110 Å². The van der Waals surface area contributed by atoms with Crippen LogP contribution in [0.15, 0.2) is 17.3 Å². The molecule has 9 heteroatoms. The summed E-state index contributed by atoms with van der Waals surface area (Å²) in [5, 5.41) is 5.92. The molecule has 2 rings (SSSR count). The number of ether oxygens (including phenoxy) is 1. The van der Waals surface area contributed by atoms with Crippen molar-refractivity contribution < 1.29 is 17.9 Å². The van der Waals surface area contributed by atoms with E-state index in [4.69, 9.17) is 4.74 Å². The first-order valence-electron chi connectivity index (χ1n) is 5.99. The first-order valence-corrected chi connectivity index (χ1v) is 7.47. The minimum atomic E-state index is -3.79. The largest absolute Gasteiger partial charge is 0.365 e. The van der Waals surface area contributed by atoms with Gasteiger partial charge in [-0.2, -0.15) is 5.10 Å². The maximum Gasteiger partial charge on any atom is 0.264 e. The average Bonchev–Trinajstić information content (AvgIpc) is 3.06. The Bertz CT molecular complexity index is 528. The molecule has 0 spiro atoms. The van der Waals surface area contributed by atoms with E-state index in [9.17, 15) is 13.2 Å². The molecule has 2 heterocycles. The number of carbonyl (C=O) groups excluding carboxylic acids is 1. The second kappa shape index (κ2) is 5.68. The van der Waals surface area contributed by atoms with Gasteiger partial charge in [0.2, 0.25) is 0 Å². The van der Waals surface area contributed by atoms with Crippen LogP contribution in [0.25, 0.3) is 0 Å². The van der Waals surface area contributed by atoms with Crippen molar-refractivity contribution in [2.24, 2.45) is 0 Å². The van der Waals surface area contributed by atoms with E-state index >= 15 is 0 Å². The third kappa shape index (κ3) is 3.31. The Balaban J connectivity index is 1.88. The fourth-order valence-electron chi connectivity index (χ4n) is 1.84. The van der Waals surface area contributed by atoms with Crippen LogP contribution < -0.4 is 10.3 Å². The van der Waals surface area contributed by atoms with Crippen molar-refractivity contribution in [3.8, 4) is 0 Å². The number of hydrogen-bond donors (Lipinski definition) is 3. The second-order valence-corrected chi connectivity index (χ2v) is 5.94. The van der Waals surface area contributed by atoms with E-state index in [1.54, 1.807) is 0 Å². The molecule has 8 nitrogen and oxygen atoms in total. The van der Waals surface area contributed by atoms with Crippen LogP contribution >= 0.6 is 0 Å². The molecule has 1 amide bonds. The van der Waals surface area contributed by atoms with E-state index in [-0.39, 0.29) is 11.0 Å². The number of nitrogens with zero attached hydrogens (tertiary/aromatic N) is 1. The van der Waals surface area contributed by atoms with Crippen molar-refractivity contribution in [1.82, 2.24) is 20.5 Å². The van der Waals surface area contributed by atoms with Crippen LogP contribution in [0.2, 0.25) is 0 Å². The molecule has 1 saturated heterocycles. The highest BCUT2D eigenvalue weighted by atomic mass is 32.2. The van der Waals surface area contributed by atoms with Gasteiger partial charge in [-0.25, -0.2) is 8.42 Å². The zero-order valence-electron chi connectivity index (χ0n) is 10.4. The summed E-state index contributed by atoms with van der Waals surface area (Å²) >= 11 is 0. The van der Waals surface area contributed by atoms with Gasteiger partial charge in [0.1, 0.15) is 11.0 Å². The van der Waals surface area contributed by atoms with Crippen LogP contribution in [0.1, 0.15) is 26.2 Å². The maximum atomic E-state index is 11.7. The van der Waals surface area contributed by atoms with Gasteiger partial charge in [-0.1, -0.05) is 6.92 Å². The van der Waals surface area contributed by atoms with Crippen LogP contribution in [0.3, 0.4) is 0 Å². The van der Waals surface area contributed by atoms with E-state index in [0.717, 1.165) is 19.0 Å². The van der Waals surface area contributed by atoms with Gasteiger partial charge in [-0.05, 0) is 19.3 Å². The topological polar surface area (TPSA) is 113 Å². The molecule has 3 N–H and O–H groups in total. The summed E-state index contributed by atoms with van der Waals surface area (Å²) in [5.74, 6) is -0.483. The van der Waals surface area contributed by atoms with E-state index in [2.05, 4.69) is 15.6 Å². The summed E-state index contributed by atoms with van der Waals surface area (Å²) in [6.07, 6.45) is 4.07. The molecular formula is C10H16N4O4S. The average molecular weight is 288 g/mol. The van der Waals surface area contributed by atoms with Crippen molar-refractivity contribution >= 4 is 15.9 Å². The van der Waals surface area contributed by atoms with Gasteiger partial charge < -0.3 is 4.74 Å². The minimum Gasteiger partial charge on any atom is -0.365 e. The third-order valence-electron chi connectivity index (χ3n) is 2.95. The number of aromatic nitrogens is 2. The van der Waals surface area contributed by atoms with Gasteiger partial charge in [0, 0.05) is 6.20 Å². The summed E-state index contributed by atoms with van der Waals surface area (Å²) < 4.78 is 28.9. The van der Waals surface area contributed by atoms with Crippen LogP contribution in [-0.2, 0) is 19.6 Å². The Morgan fingerprint density at radius 2 is 2.37 bits per heavy atom. The lowest BCUT2D eigenvalue weighted by Gasteiger charge is -2.13. The molecular weight excluding hydrogens is 272 g/mol. The smallest absolute Gasteiger partial charge is 0.264 e. The lowest BCUT2D eigenvalue weighted by molar-refractivity contribution is -0.132. The predicted molar refractivity (Wildman–Crippen MR) is 65.2 cm³/mol. The highest BCUT2D eigenvalue weighted by Gasteiger charge is 2.30. The van der Waals surface area contributed by atoms with Crippen LogP contribution in [0, 0.1) is 0 Å². The van der Waals surface area contributed by atoms with E-state index in [1.165, 1.54) is 6.20 Å². The van der Waals surface area contributed by atoms with Crippen LogP contribution in [0.4, 0.5) is 0 Å². The summed E-state index contributed by atoms with van der Waals surface area (Å²) in [4.78, 5) is 13.7. The first-order chi connectivity index (χ1) is 9.03. The lowest BCUT2D eigenvalue weighted by atomic mass is 10.1. The SMILES string of the molecule is CC[C@@H]1CC[C@@H](C(=O)NNS(=O)(=O)c2cn[nH]c2)O1. The Hall–Kier alpha value is -1.45. The molecule has 2 atom stereocenters. The third-order valence-corrected chi connectivity index (χ3v) is 4.16. The number of hydrogen-bond acceptors (Lipinski definition) is 5. The Kier molecular flexibility index (Phi) is 4.17. The van der Waals surface area contributed by atoms with Gasteiger partial charge in [-0.15, -0.1) is 4.83 Å². The lowest BCUT2D eigenvalue weighted by Crippen LogP contribution is -2.46. The standard InChI is InChI=1S/C10H16N4O4S/c1-2-7-3-4-9(18-7)10(15)13-14-19(16,17)8-5-11-12-6-8/h5-7,9,14H,2-4H2,1H3,(H,11,12)(H,13,15)/t7-,9+/m1/s1. The van der Waals surface area contributed by atoms with Gasteiger partial charge in [0.15, 0.2) is 0 Å². The first kappa shape index (κ1) is 14.0. The zero-order chi connectivity index (χ0) is 13.9. The van der Waals surface area contributed by atoms with Crippen molar-refractivity contribution in [3.05, 3.63) is 12.4 Å². The number of aromatic amines is 1. The number of nitrogens with one attached hydrogen (secondary N) is 3. The molecule has 19 heavy (non-hydrogen) atoms. The molecule has 0 aromatic carbocycles. The molecule has 106 valence electrons. The fraction of sp³-hybridized carbons (Fsp3) is 0.600. The van der Waals surface area contributed by atoms with E-state index < -0.39 is 22.0 Å². The molecule has 0 radical (unpaired) electrons. The van der Waals surface area contributed by atoms with Gasteiger partial charge >= 0.3 is 0 Å². The fourth-order valence-corrected chi connectivity index (χ4v) is 2.59. The predicted octanol–water partition coefficient (Wildman–Crippen LogP) is -0.323.